The van der Waals surface area contributed by atoms with E-state index in [4.69, 9.17) is 9.72 Å². The van der Waals surface area contributed by atoms with Gasteiger partial charge >= 0.3 is 12.1 Å². The van der Waals surface area contributed by atoms with Gasteiger partial charge in [0.1, 0.15) is 24.2 Å². The fraction of sp³-hybridized carbons (Fsp3) is 0.200. The minimum Gasteiger partial charge on any atom is -0.480 e. The molecule has 2 unspecified atom stereocenters. The number of fused-ring (bicyclic) bond motifs is 3. The number of aliphatic carboxylic acids is 1. The van der Waals surface area contributed by atoms with Gasteiger partial charge in [0.25, 0.3) is 0 Å². The van der Waals surface area contributed by atoms with E-state index < -0.39 is 35.6 Å². The third-order valence-electron chi connectivity index (χ3n) is 10.8. The van der Waals surface area contributed by atoms with Crippen molar-refractivity contribution < 1.29 is 24.2 Å². The van der Waals surface area contributed by atoms with Crippen LogP contribution in [0.5, 0.6) is 0 Å². The molecule has 0 spiro atoms. The lowest BCUT2D eigenvalue weighted by Gasteiger charge is -2.37. The van der Waals surface area contributed by atoms with Crippen LogP contribution in [0.1, 0.15) is 52.3 Å². The van der Waals surface area contributed by atoms with Crippen LogP contribution in [0, 0.1) is 0 Å². The number of amides is 2. The van der Waals surface area contributed by atoms with E-state index in [2.05, 4.69) is 53.8 Å². The Morgan fingerprint density at radius 2 is 1.28 bits per heavy atom. The van der Waals surface area contributed by atoms with E-state index in [9.17, 15) is 19.5 Å². The SMILES string of the molecule is O=C(NC(Cc1cn(C(c2ccccc2)(c2ccccc2)c2ccccc2)cn1)C(=O)N1CCCC1C(=O)O)OCC1c2ccccc2-c2ccccc21. The molecule has 0 radical (unpaired) electrons. The van der Waals surface area contributed by atoms with Gasteiger partial charge in [-0.3, -0.25) is 4.79 Å². The second kappa shape index (κ2) is 14.9. The van der Waals surface area contributed by atoms with E-state index in [1.165, 1.54) is 4.90 Å². The van der Waals surface area contributed by atoms with Gasteiger partial charge in [-0.15, -0.1) is 0 Å². The van der Waals surface area contributed by atoms with Gasteiger partial charge in [0, 0.05) is 25.1 Å². The molecule has 0 bridgehead atoms. The van der Waals surface area contributed by atoms with Gasteiger partial charge in [0.2, 0.25) is 5.91 Å². The van der Waals surface area contributed by atoms with E-state index in [0.717, 1.165) is 38.9 Å². The number of benzene rings is 5. The summed E-state index contributed by atoms with van der Waals surface area (Å²) in [6, 6.07) is 44.6. The number of carbonyl (C=O) groups is 3. The van der Waals surface area contributed by atoms with Crippen LogP contribution in [-0.2, 0) is 26.3 Å². The largest absolute Gasteiger partial charge is 0.480 e. The second-order valence-electron chi connectivity index (χ2n) is 13.8. The summed E-state index contributed by atoms with van der Waals surface area (Å²) in [6.07, 6.45) is 3.84. The van der Waals surface area contributed by atoms with Gasteiger partial charge in [-0.25, -0.2) is 14.6 Å². The molecule has 2 amide bonds. The number of hydrogen-bond donors (Lipinski definition) is 2. The molecule has 1 aromatic heterocycles. The van der Waals surface area contributed by atoms with Gasteiger partial charge in [-0.1, -0.05) is 140 Å². The Morgan fingerprint density at radius 3 is 1.81 bits per heavy atom. The monoisotopic (exact) mass is 716 g/mol. The van der Waals surface area contributed by atoms with Crippen molar-refractivity contribution in [2.24, 2.45) is 0 Å². The smallest absolute Gasteiger partial charge is 0.407 e. The molecule has 2 heterocycles. The Morgan fingerprint density at radius 1 is 0.759 bits per heavy atom. The van der Waals surface area contributed by atoms with Crippen LogP contribution in [0.4, 0.5) is 4.79 Å². The molecule has 1 saturated heterocycles. The average Bonchev–Trinajstić information content (AvgIpc) is 3.97. The maximum atomic E-state index is 14.2. The zero-order chi connectivity index (χ0) is 37.1. The Kier molecular flexibility index (Phi) is 9.53. The van der Waals surface area contributed by atoms with Gasteiger partial charge < -0.3 is 24.6 Å². The third kappa shape index (κ3) is 6.32. The molecule has 54 heavy (non-hydrogen) atoms. The average molecular weight is 717 g/mol. The molecule has 2 aliphatic rings. The Hall–Kier alpha value is -6.48. The van der Waals surface area contributed by atoms with Crippen molar-refractivity contribution in [1.82, 2.24) is 19.8 Å². The number of hydrogen-bond acceptors (Lipinski definition) is 5. The van der Waals surface area contributed by atoms with E-state index in [0.29, 0.717) is 18.5 Å². The summed E-state index contributed by atoms with van der Waals surface area (Å²) >= 11 is 0. The first-order valence-corrected chi connectivity index (χ1v) is 18.3. The third-order valence-corrected chi connectivity index (χ3v) is 10.8. The van der Waals surface area contributed by atoms with Crippen molar-refractivity contribution >= 4 is 18.0 Å². The molecule has 9 nitrogen and oxygen atoms in total. The summed E-state index contributed by atoms with van der Waals surface area (Å²) in [7, 11) is 0. The number of alkyl carbamates (subject to hydrolysis) is 1. The van der Waals surface area contributed by atoms with Crippen molar-refractivity contribution in [2.45, 2.75) is 42.8 Å². The molecule has 6 aromatic rings. The lowest BCUT2D eigenvalue weighted by Crippen LogP contribution is -2.52. The molecule has 8 rings (SSSR count). The fourth-order valence-electron chi connectivity index (χ4n) is 8.32. The summed E-state index contributed by atoms with van der Waals surface area (Å²) in [5.74, 6) is -1.71. The fourth-order valence-corrected chi connectivity index (χ4v) is 8.32. The van der Waals surface area contributed by atoms with E-state index in [1.54, 1.807) is 6.33 Å². The highest BCUT2D eigenvalue weighted by atomic mass is 16.5. The van der Waals surface area contributed by atoms with E-state index >= 15 is 0 Å². The Balaban J connectivity index is 1.11. The number of carbonyl (C=O) groups excluding carboxylic acids is 2. The number of ether oxygens (including phenoxy) is 1. The highest BCUT2D eigenvalue weighted by Crippen LogP contribution is 2.45. The quantitative estimate of drug-likeness (QED) is 0.137. The molecule has 1 aliphatic heterocycles. The predicted molar refractivity (Wildman–Crippen MR) is 205 cm³/mol. The van der Waals surface area contributed by atoms with Crippen molar-refractivity contribution in [2.75, 3.05) is 13.2 Å². The van der Waals surface area contributed by atoms with E-state index in [-0.39, 0.29) is 25.5 Å². The first-order valence-electron chi connectivity index (χ1n) is 18.3. The zero-order valence-electron chi connectivity index (χ0n) is 29.6. The summed E-state index contributed by atoms with van der Waals surface area (Å²) in [5.41, 5.74) is 7.12. The van der Waals surface area contributed by atoms with Gasteiger partial charge in [0.05, 0.1) is 12.0 Å². The minimum absolute atomic E-state index is 0.0211. The number of likely N-dealkylation sites (tertiary alicyclic amines) is 1. The van der Waals surface area contributed by atoms with Crippen molar-refractivity contribution in [1.29, 1.82) is 0 Å². The number of nitrogens with one attached hydrogen (secondary N) is 1. The second-order valence-corrected chi connectivity index (χ2v) is 13.8. The normalized spacial score (nSPS) is 15.6. The van der Waals surface area contributed by atoms with Gasteiger partial charge in [-0.05, 0) is 51.8 Å². The summed E-state index contributed by atoms with van der Waals surface area (Å²) in [5, 5.41) is 12.8. The molecule has 1 aliphatic carbocycles. The number of nitrogens with zero attached hydrogens (tertiary/aromatic N) is 3. The zero-order valence-corrected chi connectivity index (χ0v) is 29.6. The number of carboxylic acid groups (broad SMARTS) is 1. The summed E-state index contributed by atoms with van der Waals surface area (Å²) < 4.78 is 7.91. The minimum atomic E-state index is -1.12. The lowest BCUT2D eigenvalue weighted by atomic mass is 9.77. The molecule has 5 aromatic carbocycles. The van der Waals surface area contributed by atoms with Crippen molar-refractivity contribution in [3.05, 3.63) is 186 Å². The van der Waals surface area contributed by atoms with E-state index in [1.807, 2.05) is 102 Å². The van der Waals surface area contributed by atoms with Crippen molar-refractivity contribution in [3.63, 3.8) is 0 Å². The highest BCUT2D eigenvalue weighted by molar-refractivity contribution is 5.90. The molecular formula is C45H40N4O5. The first kappa shape index (κ1) is 34.6. The van der Waals surface area contributed by atoms with Gasteiger partial charge in [0.15, 0.2) is 0 Å². The van der Waals surface area contributed by atoms with Crippen LogP contribution in [0.3, 0.4) is 0 Å². The van der Waals surface area contributed by atoms with Crippen LogP contribution in [0.15, 0.2) is 152 Å². The highest BCUT2D eigenvalue weighted by Gasteiger charge is 2.41. The van der Waals surface area contributed by atoms with Crippen LogP contribution in [-0.4, -0.2) is 62.8 Å². The molecule has 0 saturated carbocycles. The molecule has 9 heteroatoms. The molecule has 1 fully saturated rings. The number of carboxylic acids is 1. The number of aromatic nitrogens is 2. The molecule has 2 atom stereocenters. The molecular weight excluding hydrogens is 677 g/mol. The topological polar surface area (TPSA) is 114 Å². The lowest BCUT2D eigenvalue weighted by molar-refractivity contribution is -0.149. The Bertz CT molecular complexity index is 2130. The Labute approximate surface area is 313 Å². The van der Waals surface area contributed by atoms with Gasteiger partial charge in [-0.2, -0.15) is 0 Å². The summed E-state index contributed by atoms with van der Waals surface area (Å²) in [6.45, 7) is 0.358. The maximum absolute atomic E-state index is 14.2. The van der Waals surface area contributed by atoms with Crippen LogP contribution in [0.2, 0.25) is 0 Å². The predicted octanol–water partition coefficient (Wildman–Crippen LogP) is 7.25. The number of rotatable bonds is 11. The van der Waals surface area contributed by atoms with Crippen LogP contribution >= 0.6 is 0 Å². The van der Waals surface area contributed by atoms with Crippen LogP contribution < -0.4 is 5.32 Å². The summed E-state index contributed by atoms with van der Waals surface area (Å²) in [4.78, 5) is 46.2. The van der Waals surface area contributed by atoms with Crippen molar-refractivity contribution in [3.8, 4) is 11.1 Å². The number of imidazole rings is 1. The molecule has 2 N–H and O–H groups in total. The maximum Gasteiger partial charge on any atom is 0.407 e. The first-order chi connectivity index (χ1) is 26.4. The van der Waals surface area contributed by atoms with Crippen LogP contribution in [0.25, 0.3) is 11.1 Å². The molecule has 270 valence electrons. The standard InChI is InChI=1S/C45H40N4O5/c50-42(49-26-14-25-41(49)43(51)52)40(47-44(53)54-29-39-37-23-12-10-21-35(37)36-22-11-13-24-38(36)39)27-34-28-48(30-46-34)45(31-15-4-1-5-16-31,32-17-6-2-7-18-32)33-19-8-3-9-20-33/h1-13,15-24,28,30,39-41H,14,25-27,29H2,(H,47,53)(H,51,52).